The molecule has 2 N–H and O–H groups in total. The molecule has 6 heteroatoms. The number of nitrogens with zero attached hydrogens (tertiary/aromatic N) is 1. The zero-order chi connectivity index (χ0) is 17.4. The molecule has 1 saturated heterocycles. The smallest absolute Gasteiger partial charge is 0.220 e. The van der Waals surface area contributed by atoms with Crippen molar-refractivity contribution < 1.29 is 19.4 Å². The first-order valence-electron chi connectivity index (χ1n) is 8.39. The molecule has 1 amide bonds. The molecule has 1 atom stereocenters. The van der Waals surface area contributed by atoms with E-state index in [2.05, 4.69) is 22.3 Å². The van der Waals surface area contributed by atoms with Gasteiger partial charge in [0.25, 0.3) is 0 Å². The highest BCUT2D eigenvalue weighted by atomic mass is 16.5. The minimum absolute atomic E-state index is 0.0830. The van der Waals surface area contributed by atoms with Crippen LogP contribution >= 0.6 is 0 Å². The van der Waals surface area contributed by atoms with Gasteiger partial charge in [-0.3, -0.25) is 4.79 Å². The molecule has 1 aromatic carbocycles. The maximum Gasteiger partial charge on any atom is 0.220 e. The monoisotopic (exact) mass is 336 g/mol. The summed E-state index contributed by atoms with van der Waals surface area (Å²) in [7, 11) is 1.55. The Morgan fingerprint density at radius 3 is 2.75 bits per heavy atom. The van der Waals surface area contributed by atoms with Gasteiger partial charge in [-0.05, 0) is 25.0 Å². The minimum atomic E-state index is -0.741. The van der Waals surface area contributed by atoms with Crippen LogP contribution in [0.3, 0.4) is 0 Å². The third-order valence-electron chi connectivity index (χ3n) is 4.22. The van der Waals surface area contributed by atoms with Crippen molar-refractivity contribution in [1.29, 1.82) is 0 Å². The van der Waals surface area contributed by atoms with Gasteiger partial charge in [0.05, 0.1) is 32.0 Å². The summed E-state index contributed by atoms with van der Waals surface area (Å²) in [5.74, 6) is -0.0830. The van der Waals surface area contributed by atoms with Gasteiger partial charge in [0.15, 0.2) is 0 Å². The van der Waals surface area contributed by atoms with Gasteiger partial charge in [0, 0.05) is 32.3 Å². The molecular formula is C18H28N2O4. The number of anilines is 1. The summed E-state index contributed by atoms with van der Waals surface area (Å²) in [6, 6.07) is 8.19. The first kappa shape index (κ1) is 18.7. The number of aliphatic hydroxyl groups excluding tert-OH is 1. The summed E-state index contributed by atoms with van der Waals surface area (Å²) in [5.41, 5.74) is 1.60. The molecule has 0 aromatic heterocycles. The van der Waals surface area contributed by atoms with Crippen molar-refractivity contribution in [3.05, 3.63) is 29.8 Å². The number of ether oxygens (including phenoxy) is 2. The summed E-state index contributed by atoms with van der Waals surface area (Å²) >= 11 is 0. The molecule has 0 bridgehead atoms. The Bertz CT molecular complexity index is 532. The van der Waals surface area contributed by atoms with Gasteiger partial charge in [-0.15, -0.1) is 0 Å². The number of carbonyl (C=O) groups excluding carboxylic acids is 1. The third kappa shape index (κ3) is 5.19. The van der Waals surface area contributed by atoms with E-state index < -0.39 is 5.54 Å². The Hall–Kier alpha value is -1.63. The molecule has 0 aliphatic carbocycles. The summed E-state index contributed by atoms with van der Waals surface area (Å²) < 4.78 is 10.5. The van der Waals surface area contributed by atoms with Crippen LogP contribution in [0.5, 0.6) is 0 Å². The molecule has 1 heterocycles. The maximum absolute atomic E-state index is 12.2. The fourth-order valence-electron chi connectivity index (χ4n) is 2.92. The van der Waals surface area contributed by atoms with Crippen LogP contribution in [0.15, 0.2) is 24.3 Å². The van der Waals surface area contributed by atoms with Crippen LogP contribution in [0.4, 0.5) is 5.69 Å². The summed E-state index contributed by atoms with van der Waals surface area (Å²) in [6.07, 6.45) is 1.04. The Kier molecular flexibility index (Phi) is 7.02. The largest absolute Gasteiger partial charge is 0.394 e. The van der Waals surface area contributed by atoms with E-state index in [0.29, 0.717) is 12.8 Å². The topological polar surface area (TPSA) is 71.0 Å². The third-order valence-corrected chi connectivity index (χ3v) is 4.22. The van der Waals surface area contributed by atoms with Crippen LogP contribution in [-0.4, -0.2) is 63.2 Å². The number of aryl methyl sites for hydroxylation is 1. The van der Waals surface area contributed by atoms with Gasteiger partial charge >= 0.3 is 0 Å². The number of amides is 1. The molecule has 1 fully saturated rings. The standard InChI is InChI=1S/C18H28N2O4/c1-18(13-21,14-23-2)19-17(22)8-7-15-5-3-4-6-16(15)20-9-11-24-12-10-20/h3-6,21H,7-14H2,1-2H3,(H,19,22). The zero-order valence-electron chi connectivity index (χ0n) is 14.6. The lowest BCUT2D eigenvalue weighted by molar-refractivity contribution is -0.124. The number of hydrogen-bond donors (Lipinski definition) is 2. The second kappa shape index (κ2) is 9.01. The molecular weight excluding hydrogens is 308 g/mol. The molecule has 1 unspecified atom stereocenters. The number of benzene rings is 1. The van der Waals surface area contributed by atoms with E-state index >= 15 is 0 Å². The van der Waals surface area contributed by atoms with Gasteiger partial charge in [-0.2, -0.15) is 0 Å². The van der Waals surface area contributed by atoms with Crippen LogP contribution in [0.25, 0.3) is 0 Å². The molecule has 0 radical (unpaired) electrons. The average Bonchev–Trinajstić information content (AvgIpc) is 2.61. The number of methoxy groups -OCH3 is 1. The molecule has 6 nitrogen and oxygen atoms in total. The number of rotatable bonds is 8. The maximum atomic E-state index is 12.2. The number of carbonyl (C=O) groups is 1. The van der Waals surface area contributed by atoms with Crippen LogP contribution in [0, 0.1) is 0 Å². The lowest BCUT2D eigenvalue weighted by Gasteiger charge is -2.31. The fraction of sp³-hybridized carbons (Fsp3) is 0.611. The highest BCUT2D eigenvalue weighted by Gasteiger charge is 2.25. The van der Waals surface area contributed by atoms with E-state index in [1.54, 1.807) is 14.0 Å². The van der Waals surface area contributed by atoms with Gasteiger partial charge in [0.2, 0.25) is 5.91 Å². The Balaban J connectivity index is 1.95. The highest BCUT2D eigenvalue weighted by Crippen LogP contribution is 2.22. The summed E-state index contributed by atoms with van der Waals surface area (Å²) in [4.78, 5) is 14.5. The molecule has 24 heavy (non-hydrogen) atoms. The molecule has 1 aliphatic rings. The van der Waals surface area contributed by atoms with Crippen molar-refractivity contribution in [3.63, 3.8) is 0 Å². The number of nitrogens with one attached hydrogen (secondary N) is 1. The van der Waals surface area contributed by atoms with Crippen LogP contribution in [0.2, 0.25) is 0 Å². The van der Waals surface area contributed by atoms with E-state index in [-0.39, 0.29) is 19.1 Å². The Morgan fingerprint density at radius 2 is 2.08 bits per heavy atom. The average molecular weight is 336 g/mol. The molecule has 1 aromatic rings. The van der Waals surface area contributed by atoms with Crippen molar-refractivity contribution in [2.75, 3.05) is 51.5 Å². The predicted octanol–water partition coefficient (Wildman–Crippen LogP) is 0.969. The molecule has 134 valence electrons. The first-order chi connectivity index (χ1) is 11.6. The molecule has 0 spiro atoms. The van der Waals surface area contributed by atoms with E-state index in [1.807, 2.05) is 12.1 Å². The van der Waals surface area contributed by atoms with E-state index in [9.17, 15) is 9.90 Å². The lowest BCUT2D eigenvalue weighted by atomic mass is 10.0. The van der Waals surface area contributed by atoms with Crippen molar-refractivity contribution >= 4 is 11.6 Å². The zero-order valence-corrected chi connectivity index (χ0v) is 14.6. The van der Waals surface area contributed by atoms with Crippen LogP contribution in [0.1, 0.15) is 18.9 Å². The normalized spacial score (nSPS) is 17.4. The molecule has 1 aliphatic heterocycles. The summed E-state index contributed by atoms with van der Waals surface area (Å²) in [5, 5.41) is 12.3. The van der Waals surface area contributed by atoms with E-state index in [4.69, 9.17) is 9.47 Å². The predicted molar refractivity (Wildman–Crippen MR) is 93.3 cm³/mol. The molecule has 2 rings (SSSR count). The number of hydrogen-bond acceptors (Lipinski definition) is 5. The van der Waals surface area contributed by atoms with Crippen LogP contribution in [-0.2, 0) is 20.7 Å². The number of aliphatic hydroxyl groups is 1. The van der Waals surface area contributed by atoms with Crippen molar-refractivity contribution in [3.8, 4) is 0 Å². The second-order valence-corrected chi connectivity index (χ2v) is 6.43. The van der Waals surface area contributed by atoms with E-state index in [0.717, 1.165) is 31.9 Å². The summed E-state index contributed by atoms with van der Waals surface area (Å²) in [6.45, 7) is 5.12. The van der Waals surface area contributed by atoms with E-state index in [1.165, 1.54) is 5.69 Å². The van der Waals surface area contributed by atoms with Gasteiger partial charge in [-0.25, -0.2) is 0 Å². The highest BCUT2D eigenvalue weighted by molar-refractivity contribution is 5.77. The minimum Gasteiger partial charge on any atom is -0.394 e. The SMILES string of the molecule is COCC(C)(CO)NC(=O)CCc1ccccc1N1CCOCC1. The van der Waals surface area contributed by atoms with Crippen molar-refractivity contribution in [2.24, 2.45) is 0 Å². The lowest BCUT2D eigenvalue weighted by Crippen LogP contribution is -2.52. The Morgan fingerprint density at radius 1 is 1.38 bits per heavy atom. The Labute approximate surface area is 143 Å². The van der Waals surface area contributed by atoms with Crippen molar-refractivity contribution in [1.82, 2.24) is 5.32 Å². The second-order valence-electron chi connectivity index (χ2n) is 6.43. The van der Waals surface area contributed by atoms with Crippen LogP contribution < -0.4 is 10.2 Å². The molecule has 0 saturated carbocycles. The first-order valence-corrected chi connectivity index (χ1v) is 8.39. The number of para-hydroxylation sites is 1. The van der Waals surface area contributed by atoms with Gasteiger partial charge in [0.1, 0.15) is 0 Å². The van der Waals surface area contributed by atoms with Gasteiger partial charge in [-0.1, -0.05) is 18.2 Å². The number of morpholine rings is 1. The quantitative estimate of drug-likeness (QED) is 0.740. The van der Waals surface area contributed by atoms with Gasteiger partial charge < -0.3 is 24.8 Å². The van der Waals surface area contributed by atoms with Crippen molar-refractivity contribution in [2.45, 2.75) is 25.3 Å². The fourth-order valence-corrected chi connectivity index (χ4v) is 2.92.